The summed E-state index contributed by atoms with van der Waals surface area (Å²) in [6.07, 6.45) is 9.53. The van der Waals surface area contributed by atoms with Crippen molar-refractivity contribution in [1.29, 1.82) is 0 Å². The molecule has 0 radical (unpaired) electrons. The van der Waals surface area contributed by atoms with Gasteiger partial charge in [-0.15, -0.1) is 0 Å². The number of carbonyl (C=O) groups excluding carboxylic acids is 1. The highest BCUT2D eigenvalue weighted by Crippen LogP contribution is 2.41. The average Bonchev–Trinajstić information content (AvgIpc) is 2.27. The molecule has 1 atom stereocenters. The van der Waals surface area contributed by atoms with Crippen molar-refractivity contribution in [3.8, 4) is 0 Å². The Labute approximate surface area is 93.6 Å². The molecule has 2 heteroatoms. The normalized spacial score (nSPS) is 22.3. The predicted molar refractivity (Wildman–Crippen MR) is 63.4 cm³/mol. The Kier molecular flexibility index (Phi) is 4.62. The van der Waals surface area contributed by atoms with E-state index in [-0.39, 0.29) is 11.3 Å². The second kappa shape index (κ2) is 5.53. The van der Waals surface area contributed by atoms with Crippen LogP contribution in [-0.4, -0.2) is 5.91 Å². The maximum absolute atomic E-state index is 11.6. The van der Waals surface area contributed by atoms with E-state index < -0.39 is 0 Å². The highest BCUT2D eigenvalue weighted by Gasteiger charge is 2.39. The van der Waals surface area contributed by atoms with Gasteiger partial charge in [-0.1, -0.05) is 46.0 Å². The van der Waals surface area contributed by atoms with Crippen LogP contribution >= 0.6 is 0 Å². The molecule has 2 nitrogen and oxygen atoms in total. The minimum atomic E-state index is -0.240. The number of nitrogens with two attached hydrogens (primary N) is 1. The summed E-state index contributed by atoms with van der Waals surface area (Å²) < 4.78 is 0. The first-order valence-corrected chi connectivity index (χ1v) is 6.41. The SMILES string of the molecule is CCCCC(C)(C(N)=O)C1CCCCC1. The molecule has 0 aromatic carbocycles. The molecule has 2 N–H and O–H groups in total. The smallest absolute Gasteiger partial charge is 0.223 e. The van der Waals surface area contributed by atoms with Gasteiger partial charge in [0.2, 0.25) is 5.91 Å². The lowest BCUT2D eigenvalue weighted by Crippen LogP contribution is -2.41. The number of amides is 1. The molecule has 1 amide bonds. The first-order chi connectivity index (χ1) is 7.11. The molecule has 0 spiro atoms. The minimum absolute atomic E-state index is 0.0807. The Morgan fingerprint density at radius 3 is 2.40 bits per heavy atom. The molecule has 1 fully saturated rings. The number of hydrogen-bond acceptors (Lipinski definition) is 1. The molecule has 0 aromatic heterocycles. The second-order valence-corrected chi connectivity index (χ2v) is 5.22. The van der Waals surface area contributed by atoms with Gasteiger partial charge in [-0.25, -0.2) is 0 Å². The summed E-state index contributed by atoms with van der Waals surface area (Å²) in [6.45, 7) is 4.25. The van der Waals surface area contributed by atoms with Crippen molar-refractivity contribution >= 4 is 5.91 Å². The third kappa shape index (κ3) is 2.96. The van der Waals surface area contributed by atoms with Gasteiger partial charge in [0, 0.05) is 5.41 Å². The van der Waals surface area contributed by atoms with Gasteiger partial charge in [0.25, 0.3) is 0 Å². The Balaban J connectivity index is 2.65. The molecule has 1 rings (SSSR count). The summed E-state index contributed by atoms with van der Waals surface area (Å²) in [5, 5.41) is 0. The third-order valence-electron chi connectivity index (χ3n) is 4.12. The number of primary amides is 1. The van der Waals surface area contributed by atoms with Crippen LogP contribution in [0.15, 0.2) is 0 Å². The summed E-state index contributed by atoms with van der Waals surface area (Å²) in [7, 11) is 0. The van der Waals surface area contributed by atoms with Crippen LogP contribution in [0.5, 0.6) is 0 Å². The van der Waals surface area contributed by atoms with Crippen LogP contribution in [0.25, 0.3) is 0 Å². The van der Waals surface area contributed by atoms with Crippen molar-refractivity contribution in [3.05, 3.63) is 0 Å². The maximum Gasteiger partial charge on any atom is 0.223 e. The van der Waals surface area contributed by atoms with E-state index in [1.807, 2.05) is 0 Å². The lowest BCUT2D eigenvalue weighted by molar-refractivity contribution is -0.131. The van der Waals surface area contributed by atoms with Crippen LogP contribution in [0.1, 0.15) is 65.2 Å². The number of carbonyl (C=O) groups is 1. The fraction of sp³-hybridized carbons (Fsp3) is 0.923. The zero-order valence-electron chi connectivity index (χ0n) is 10.2. The van der Waals surface area contributed by atoms with Crippen molar-refractivity contribution in [2.45, 2.75) is 65.2 Å². The average molecular weight is 211 g/mol. The van der Waals surface area contributed by atoms with Gasteiger partial charge >= 0.3 is 0 Å². The minimum Gasteiger partial charge on any atom is -0.369 e. The summed E-state index contributed by atoms with van der Waals surface area (Å²) in [5.41, 5.74) is 5.36. The quantitative estimate of drug-likeness (QED) is 0.745. The van der Waals surface area contributed by atoms with Crippen molar-refractivity contribution in [2.24, 2.45) is 17.1 Å². The largest absolute Gasteiger partial charge is 0.369 e. The van der Waals surface area contributed by atoms with E-state index in [0.29, 0.717) is 5.92 Å². The molecule has 0 bridgehead atoms. The molecule has 1 unspecified atom stereocenters. The highest BCUT2D eigenvalue weighted by atomic mass is 16.1. The molecule has 0 aliphatic heterocycles. The maximum atomic E-state index is 11.6. The summed E-state index contributed by atoms with van der Waals surface area (Å²) in [6, 6.07) is 0. The highest BCUT2D eigenvalue weighted by molar-refractivity contribution is 5.80. The Hall–Kier alpha value is -0.530. The van der Waals surface area contributed by atoms with Crippen molar-refractivity contribution < 1.29 is 4.79 Å². The van der Waals surface area contributed by atoms with E-state index in [1.54, 1.807) is 0 Å². The summed E-state index contributed by atoms with van der Waals surface area (Å²) in [5.74, 6) is 0.457. The number of rotatable bonds is 5. The Bertz CT molecular complexity index is 209. The molecule has 15 heavy (non-hydrogen) atoms. The zero-order chi connectivity index (χ0) is 11.3. The summed E-state index contributed by atoms with van der Waals surface area (Å²) >= 11 is 0. The first kappa shape index (κ1) is 12.5. The van der Waals surface area contributed by atoms with Gasteiger partial charge in [0.1, 0.15) is 0 Å². The first-order valence-electron chi connectivity index (χ1n) is 6.41. The van der Waals surface area contributed by atoms with Crippen molar-refractivity contribution in [3.63, 3.8) is 0 Å². The van der Waals surface area contributed by atoms with Gasteiger partial charge in [0.15, 0.2) is 0 Å². The molecule has 0 aromatic rings. The van der Waals surface area contributed by atoms with E-state index in [1.165, 1.54) is 32.1 Å². The lowest BCUT2D eigenvalue weighted by Gasteiger charge is -2.37. The van der Waals surface area contributed by atoms with Gasteiger partial charge < -0.3 is 5.73 Å². The van der Waals surface area contributed by atoms with E-state index in [4.69, 9.17) is 5.73 Å². The number of hydrogen-bond donors (Lipinski definition) is 1. The fourth-order valence-electron chi connectivity index (χ4n) is 2.81. The molecule has 1 saturated carbocycles. The van der Waals surface area contributed by atoms with E-state index in [9.17, 15) is 4.79 Å². The third-order valence-corrected chi connectivity index (χ3v) is 4.12. The van der Waals surface area contributed by atoms with Gasteiger partial charge in [-0.3, -0.25) is 4.79 Å². The lowest BCUT2D eigenvalue weighted by atomic mass is 9.67. The zero-order valence-corrected chi connectivity index (χ0v) is 10.2. The summed E-state index contributed by atoms with van der Waals surface area (Å²) in [4.78, 5) is 11.6. The van der Waals surface area contributed by atoms with Gasteiger partial charge in [-0.05, 0) is 25.2 Å². The van der Waals surface area contributed by atoms with E-state index in [0.717, 1.165) is 19.3 Å². The Morgan fingerprint density at radius 1 is 1.33 bits per heavy atom. The fourth-order valence-corrected chi connectivity index (χ4v) is 2.81. The van der Waals surface area contributed by atoms with Crippen molar-refractivity contribution in [2.75, 3.05) is 0 Å². The molecular formula is C13H25NO. The Morgan fingerprint density at radius 2 is 1.93 bits per heavy atom. The van der Waals surface area contributed by atoms with Crippen molar-refractivity contribution in [1.82, 2.24) is 0 Å². The molecule has 88 valence electrons. The molecule has 0 heterocycles. The van der Waals surface area contributed by atoms with E-state index >= 15 is 0 Å². The predicted octanol–water partition coefficient (Wildman–Crippen LogP) is 3.25. The van der Waals surface area contributed by atoms with Crippen LogP contribution in [0.3, 0.4) is 0 Å². The van der Waals surface area contributed by atoms with Crippen LogP contribution < -0.4 is 5.73 Å². The van der Waals surface area contributed by atoms with Gasteiger partial charge in [0.05, 0.1) is 0 Å². The van der Waals surface area contributed by atoms with E-state index in [2.05, 4.69) is 13.8 Å². The van der Waals surface area contributed by atoms with Crippen LogP contribution in [0.4, 0.5) is 0 Å². The van der Waals surface area contributed by atoms with Crippen LogP contribution in [0.2, 0.25) is 0 Å². The number of unbranched alkanes of at least 4 members (excludes halogenated alkanes) is 1. The topological polar surface area (TPSA) is 43.1 Å². The monoisotopic (exact) mass is 211 g/mol. The standard InChI is InChI=1S/C13H25NO/c1-3-4-10-13(2,12(14)15)11-8-6-5-7-9-11/h11H,3-10H2,1-2H3,(H2,14,15). The molecular weight excluding hydrogens is 186 g/mol. The van der Waals surface area contributed by atoms with Gasteiger partial charge in [-0.2, -0.15) is 0 Å². The van der Waals surface area contributed by atoms with Crippen LogP contribution in [0, 0.1) is 11.3 Å². The molecule has 1 aliphatic rings. The molecule has 1 aliphatic carbocycles. The molecule has 0 saturated heterocycles. The second-order valence-electron chi connectivity index (χ2n) is 5.22. The van der Waals surface area contributed by atoms with Crippen LogP contribution in [-0.2, 0) is 4.79 Å².